The number of pyridine rings is 2. The maximum atomic E-state index is 10.8. The van der Waals surface area contributed by atoms with Crippen molar-refractivity contribution < 1.29 is 9.90 Å². The van der Waals surface area contributed by atoms with E-state index in [2.05, 4.69) is 15.3 Å². The fourth-order valence-corrected chi connectivity index (χ4v) is 1.52. The average molecular weight is 254 g/mol. The summed E-state index contributed by atoms with van der Waals surface area (Å²) in [5.74, 6) is -0.549. The summed E-state index contributed by atoms with van der Waals surface area (Å²) in [5, 5.41) is 20.7. The molecule has 2 N–H and O–H groups in total. The molecule has 0 aliphatic rings. The first-order valence-corrected chi connectivity index (χ1v) is 5.48. The molecule has 0 aliphatic carbocycles. The van der Waals surface area contributed by atoms with Crippen LogP contribution in [0.2, 0.25) is 0 Å². The highest BCUT2D eigenvalue weighted by atomic mass is 16.4. The van der Waals surface area contributed by atoms with Crippen LogP contribution < -0.4 is 5.32 Å². The van der Waals surface area contributed by atoms with E-state index in [9.17, 15) is 4.79 Å². The molecule has 19 heavy (non-hydrogen) atoms. The number of nitrogens with one attached hydrogen (secondary N) is 1. The Labute approximate surface area is 109 Å². The van der Waals surface area contributed by atoms with Gasteiger partial charge in [-0.2, -0.15) is 5.26 Å². The van der Waals surface area contributed by atoms with Gasteiger partial charge in [-0.3, -0.25) is 4.98 Å². The summed E-state index contributed by atoms with van der Waals surface area (Å²) in [5.41, 5.74) is 1.17. The van der Waals surface area contributed by atoms with Crippen molar-refractivity contribution in [2.24, 2.45) is 0 Å². The van der Waals surface area contributed by atoms with Crippen LogP contribution >= 0.6 is 0 Å². The van der Waals surface area contributed by atoms with Crippen LogP contribution in [0.5, 0.6) is 0 Å². The fourth-order valence-electron chi connectivity index (χ4n) is 1.52. The van der Waals surface area contributed by atoms with E-state index in [1.54, 1.807) is 18.3 Å². The highest BCUT2D eigenvalue weighted by Gasteiger charge is 2.06. The van der Waals surface area contributed by atoms with Crippen molar-refractivity contribution in [3.8, 4) is 6.07 Å². The third kappa shape index (κ3) is 3.04. The summed E-state index contributed by atoms with van der Waals surface area (Å²) in [7, 11) is 0. The Hall–Kier alpha value is -2.94. The number of hydrogen-bond acceptors (Lipinski definition) is 5. The van der Waals surface area contributed by atoms with Crippen LogP contribution in [0.3, 0.4) is 0 Å². The van der Waals surface area contributed by atoms with Gasteiger partial charge in [0.25, 0.3) is 0 Å². The van der Waals surface area contributed by atoms with Crippen LogP contribution in [-0.2, 0) is 6.54 Å². The molecule has 0 saturated heterocycles. The number of aromatic nitrogens is 2. The standard InChI is InChI=1S/C13H10N4O2/c14-7-10-2-1-4-16-12(10)17-8-11-6-9(13(18)19)3-5-15-11/h1-6H,8H2,(H,16,17)(H,18,19). The number of anilines is 1. The highest BCUT2D eigenvalue weighted by Crippen LogP contribution is 2.11. The van der Waals surface area contributed by atoms with Gasteiger partial charge in [-0.25, -0.2) is 9.78 Å². The van der Waals surface area contributed by atoms with Crippen molar-refractivity contribution >= 4 is 11.8 Å². The third-order valence-electron chi connectivity index (χ3n) is 2.43. The van der Waals surface area contributed by atoms with E-state index in [-0.39, 0.29) is 5.56 Å². The van der Waals surface area contributed by atoms with Crippen molar-refractivity contribution in [3.63, 3.8) is 0 Å². The first-order chi connectivity index (χ1) is 9.20. The minimum absolute atomic E-state index is 0.174. The largest absolute Gasteiger partial charge is 0.478 e. The van der Waals surface area contributed by atoms with Gasteiger partial charge in [0, 0.05) is 12.4 Å². The second-order valence-electron chi connectivity index (χ2n) is 3.71. The predicted molar refractivity (Wildman–Crippen MR) is 67.5 cm³/mol. The van der Waals surface area contributed by atoms with Crippen molar-refractivity contribution in [2.45, 2.75) is 6.54 Å². The van der Waals surface area contributed by atoms with E-state index in [0.717, 1.165) is 0 Å². The molecule has 0 radical (unpaired) electrons. The molecule has 0 atom stereocenters. The van der Waals surface area contributed by atoms with Gasteiger partial charge in [0.2, 0.25) is 0 Å². The Bertz CT molecular complexity index is 649. The van der Waals surface area contributed by atoms with Gasteiger partial charge in [0.05, 0.1) is 23.4 Å². The molecule has 94 valence electrons. The van der Waals surface area contributed by atoms with Crippen molar-refractivity contribution in [1.82, 2.24) is 9.97 Å². The molecular formula is C13H10N4O2. The van der Waals surface area contributed by atoms with E-state index in [1.807, 2.05) is 6.07 Å². The van der Waals surface area contributed by atoms with Crippen molar-refractivity contribution in [2.75, 3.05) is 5.32 Å². The lowest BCUT2D eigenvalue weighted by molar-refractivity contribution is 0.0696. The fraction of sp³-hybridized carbons (Fsp3) is 0.0769. The molecule has 2 heterocycles. The molecule has 6 nitrogen and oxygen atoms in total. The summed E-state index contributed by atoms with van der Waals surface area (Å²) in [6.07, 6.45) is 3.01. The normalized spacial score (nSPS) is 9.63. The molecule has 0 amide bonds. The summed E-state index contributed by atoms with van der Waals surface area (Å²) in [6.45, 7) is 0.298. The number of carboxylic acid groups (broad SMARTS) is 1. The lowest BCUT2D eigenvalue weighted by Crippen LogP contribution is -2.06. The number of carbonyl (C=O) groups is 1. The minimum Gasteiger partial charge on any atom is -0.478 e. The van der Waals surface area contributed by atoms with Crippen molar-refractivity contribution in [3.05, 3.63) is 53.5 Å². The lowest BCUT2D eigenvalue weighted by Gasteiger charge is -2.06. The summed E-state index contributed by atoms with van der Waals surface area (Å²) >= 11 is 0. The average Bonchev–Trinajstić information content (AvgIpc) is 2.45. The van der Waals surface area contributed by atoms with Crippen LogP contribution in [0, 0.1) is 11.3 Å². The summed E-state index contributed by atoms with van der Waals surface area (Å²) in [4.78, 5) is 18.9. The Morgan fingerprint density at radius 2 is 2.21 bits per heavy atom. The van der Waals surface area contributed by atoms with E-state index < -0.39 is 5.97 Å². The van der Waals surface area contributed by atoms with E-state index in [1.165, 1.54) is 18.3 Å². The Morgan fingerprint density at radius 1 is 1.37 bits per heavy atom. The number of rotatable bonds is 4. The number of nitriles is 1. The molecular weight excluding hydrogens is 244 g/mol. The number of carboxylic acids is 1. The molecule has 2 aromatic rings. The first kappa shape index (κ1) is 12.5. The quantitative estimate of drug-likeness (QED) is 0.860. The maximum absolute atomic E-state index is 10.8. The summed E-state index contributed by atoms with van der Waals surface area (Å²) < 4.78 is 0. The monoisotopic (exact) mass is 254 g/mol. The zero-order valence-corrected chi connectivity index (χ0v) is 9.87. The number of nitrogens with zero attached hydrogens (tertiary/aromatic N) is 3. The van der Waals surface area contributed by atoms with E-state index >= 15 is 0 Å². The third-order valence-corrected chi connectivity index (χ3v) is 2.43. The molecule has 0 unspecified atom stereocenters. The lowest BCUT2D eigenvalue weighted by atomic mass is 10.2. The van der Waals surface area contributed by atoms with E-state index in [0.29, 0.717) is 23.6 Å². The van der Waals surface area contributed by atoms with Gasteiger partial charge >= 0.3 is 5.97 Å². The molecule has 0 bridgehead atoms. The van der Waals surface area contributed by atoms with Crippen LogP contribution in [0.25, 0.3) is 0 Å². The number of hydrogen-bond donors (Lipinski definition) is 2. The molecule has 6 heteroatoms. The molecule has 2 aromatic heterocycles. The van der Waals surface area contributed by atoms with Crippen LogP contribution in [0.1, 0.15) is 21.6 Å². The Balaban J connectivity index is 2.13. The van der Waals surface area contributed by atoms with E-state index in [4.69, 9.17) is 10.4 Å². The van der Waals surface area contributed by atoms with Gasteiger partial charge in [-0.15, -0.1) is 0 Å². The molecule has 0 spiro atoms. The molecule has 0 aromatic carbocycles. The van der Waals surface area contributed by atoms with Gasteiger partial charge in [0.1, 0.15) is 11.9 Å². The molecule has 0 fully saturated rings. The molecule has 0 saturated carbocycles. The van der Waals surface area contributed by atoms with Crippen LogP contribution in [0.4, 0.5) is 5.82 Å². The van der Waals surface area contributed by atoms with Gasteiger partial charge in [-0.1, -0.05) is 0 Å². The minimum atomic E-state index is -1.00. The SMILES string of the molecule is N#Cc1cccnc1NCc1cc(C(=O)O)ccn1. The Kier molecular flexibility index (Phi) is 3.69. The second-order valence-corrected chi connectivity index (χ2v) is 3.71. The zero-order chi connectivity index (χ0) is 13.7. The maximum Gasteiger partial charge on any atom is 0.335 e. The van der Waals surface area contributed by atoms with Gasteiger partial charge in [0.15, 0.2) is 0 Å². The van der Waals surface area contributed by atoms with Crippen molar-refractivity contribution in [1.29, 1.82) is 5.26 Å². The molecule has 0 aliphatic heterocycles. The van der Waals surface area contributed by atoms with Gasteiger partial charge in [-0.05, 0) is 24.3 Å². The predicted octanol–water partition coefficient (Wildman–Crippen LogP) is 1.66. The zero-order valence-electron chi connectivity index (χ0n) is 9.87. The summed E-state index contributed by atoms with van der Waals surface area (Å²) in [6, 6.07) is 8.25. The van der Waals surface area contributed by atoms with Crippen LogP contribution in [0.15, 0.2) is 36.7 Å². The molecule has 2 rings (SSSR count). The highest BCUT2D eigenvalue weighted by molar-refractivity contribution is 5.87. The second kappa shape index (κ2) is 5.60. The Morgan fingerprint density at radius 3 is 2.95 bits per heavy atom. The van der Waals surface area contributed by atoms with Crippen LogP contribution in [-0.4, -0.2) is 21.0 Å². The number of aromatic carboxylic acids is 1. The smallest absolute Gasteiger partial charge is 0.335 e. The first-order valence-electron chi connectivity index (χ1n) is 5.48. The topological polar surface area (TPSA) is 98.9 Å². The van der Waals surface area contributed by atoms with Gasteiger partial charge < -0.3 is 10.4 Å².